The normalized spacial score (nSPS) is 10.5. The van der Waals surface area contributed by atoms with Gasteiger partial charge in [0.2, 0.25) is 0 Å². The molecule has 0 spiro atoms. The summed E-state index contributed by atoms with van der Waals surface area (Å²) in [5.41, 5.74) is 1.28. The lowest BCUT2D eigenvalue weighted by Gasteiger charge is -2.15. The minimum Gasteiger partial charge on any atom is -0.465 e. The lowest BCUT2D eigenvalue weighted by atomic mass is 9.98. The number of esters is 2. The molecule has 0 N–H and O–H groups in total. The monoisotopic (exact) mass is 319 g/mol. The molecule has 0 saturated heterocycles. The number of rotatable bonds is 6. The van der Waals surface area contributed by atoms with Gasteiger partial charge in [-0.05, 0) is 43.0 Å². The summed E-state index contributed by atoms with van der Waals surface area (Å²) in [6.07, 6.45) is 1.67. The van der Waals surface area contributed by atoms with E-state index in [2.05, 4.69) is 4.98 Å². The van der Waals surface area contributed by atoms with Gasteiger partial charge in [0, 0.05) is 6.20 Å². The van der Waals surface area contributed by atoms with E-state index in [0.29, 0.717) is 11.3 Å². The van der Waals surface area contributed by atoms with Crippen LogP contribution in [0.1, 0.15) is 25.3 Å². The fourth-order valence-electron chi connectivity index (χ4n) is 2.05. The molecule has 0 bridgehead atoms. The maximum atomic E-state index is 12.2. The number of ether oxygens (including phenoxy) is 2. The number of pyridine rings is 1. The van der Waals surface area contributed by atoms with Crippen LogP contribution in [0.25, 0.3) is 10.6 Å². The van der Waals surface area contributed by atoms with Crippen LogP contribution in [0, 0.1) is 0 Å². The van der Waals surface area contributed by atoms with E-state index < -0.39 is 17.9 Å². The van der Waals surface area contributed by atoms with E-state index in [1.54, 1.807) is 26.1 Å². The molecule has 0 aromatic carbocycles. The molecule has 0 aliphatic rings. The number of nitrogens with zero attached hydrogens (tertiary/aromatic N) is 1. The number of thiophene rings is 1. The van der Waals surface area contributed by atoms with E-state index in [0.717, 1.165) is 4.88 Å². The van der Waals surface area contributed by atoms with Gasteiger partial charge >= 0.3 is 11.9 Å². The fraction of sp³-hybridized carbons (Fsp3) is 0.312. The summed E-state index contributed by atoms with van der Waals surface area (Å²) in [5, 5.41) is 1.82. The second-order valence-corrected chi connectivity index (χ2v) is 5.27. The van der Waals surface area contributed by atoms with Crippen LogP contribution < -0.4 is 0 Å². The highest BCUT2D eigenvalue weighted by Crippen LogP contribution is 2.34. The molecule has 0 amide bonds. The van der Waals surface area contributed by atoms with Crippen molar-refractivity contribution in [1.82, 2.24) is 4.98 Å². The number of carbonyl (C=O) groups is 2. The molecule has 2 rings (SSSR count). The molecule has 0 unspecified atom stereocenters. The molecular formula is C16H17NO4S. The first-order valence-corrected chi connectivity index (χ1v) is 7.89. The van der Waals surface area contributed by atoms with Gasteiger partial charge in [0.25, 0.3) is 0 Å². The van der Waals surface area contributed by atoms with Gasteiger partial charge in [-0.1, -0.05) is 6.07 Å². The van der Waals surface area contributed by atoms with E-state index >= 15 is 0 Å². The van der Waals surface area contributed by atoms with Gasteiger partial charge < -0.3 is 9.47 Å². The van der Waals surface area contributed by atoms with Crippen LogP contribution in [0.3, 0.4) is 0 Å². The van der Waals surface area contributed by atoms with Crippen molar-refractivity contribution in [2.24, 2.45) is 0 Å². The first-order valence-electron chi connectivity index (χ1n) is 7.01. The topological polar surface area (TPSA) is 65.5 Å². The number of hydrogen-bond donors (Lipinski definition) is 0. The van der Waals surface area contributed by atoms with Crippen LogP contribution in [0.2, 0.25) is 0 Å². The molecule has 0 aliphatic carbocycles. The molecule has 0 atom stereocenters. The molecule has 6 heteroatoms. The van der Waals surface area contributed by atoms with Gasteiger partial charge in [-0.15, -0.1) is 11.3 Å². The Labute approximate surface area is 132 Å². The van der Waals surface area contributed by atoms with Crippen molar-refractivity contribution in [2.75, 3.05) is 13.2 Å². The molecule has 116 valence electrons. The molecule has 5 nitrogen and oxygen atoms in total. The maximum absolute atomic E-state index is 12.2. The van der Waals surface area contributed by atoms with Crippen molar-refractivity contribution >= 4 is 23.3 Å². The van der Waals surface area contributed by atoms with Crippen LogP contribution in [-0.4, -0.2) is 30.1 Å². The van der Waals surface area contributed by atoms with Crippen molar-refractivity contribution in [1.29, 1.82) is 0 Å². The standard InChI is InChI=1S/C16H17NO4S/c1-3-20-15(18)13(16(19)21-4-2)11-8-10-22-14(11)12-7-5-6-9-17-12/h5-10,13H,3-4H2,1-2H3. The quantitative estimate of drug-likeness (QED) is 0.605. The van der Waals surface area contributed by atoms with E-state index in [1.165, 1.54) is 11.3 Å². The third-order valence-electron chi connectivity index (χ3n) is 2.95. The van der Waals surface area contributed by atoms with Gasteiger partial charge in [0.05, 0.1) is 23.8 Å². The predicted octanol–water partition coefficient (Wildman–Crippen LogP) is 3.02. The summed E-state index contributed by atoms with van der Waals surface area (Å²) >= 11 is 1.42. The molecule has 0 saturated carbocycles. The highest BCUT2D eigenvalue weighted by Gasteiger charge is 2.34. The van der Waals surface area contributed by atoms with Crippen LogP contribution in [-0.2, 0) is 19.1 Å². The van der Waals surface area contributed by atoms with Gasteiger partial charge in [0.15, 0.2) is 5.92 Å². The molecule has 0 fully saturated rings. The summed E-state index contributed by atoms with van der Waals surface area (Å²) in [5.74, 6) is -2.28. The Hall–Kier alpha value is -2.21. The average molecular weight is 319 g/mol. The second-order valence-electron chi connectivity index (χ2n) is 4.36. The summed E-state index contributed by atoms with van der Waals surface area (Å²) < 4.78 is 10.1. The van der Waals surface area contributed by atoms with Crippen molar-refractivity contribution in [3.8, 4) is 10.6 Å². The Balaban J connectivity index is 2.42. The Morgan fingerprint density at radius 1 is 1.14 bits per heavy atom. The number of aromatic nitrogens is 1. The summed E-state index contributed by atoms with van der Waals surface area (Å²) in [7, 11) is 0. The van der Waals surface area contributed by atoms with Crippen molar-refractivity contribution in [3.63, 3.8) is 0 Å². The van der Waals surface area contributed by atoms with Crippen molar-refractivity contribution in [2.45, 2.75) is 19.8 Å². The SMILES string of the molecule is CCOC(=O)C(C(=O)OCC)c1ccsc1-c1ccccn1. The molecule has 22 heavy (non-hydrogen) atoms. The summed E-state index contributed by atoms with van der Waals surface area (Å²) in [6.45, 7) is 3.82. The van der Waals surface area contributed by atoms with Gasteiger partial charge in [-0.3, -0.25) is 14.6 Å². The fourth-order valence-corrected chi connectivity index (χ4v) is 2.97. The van der Waals surface area contributed by atoms with Crippen molar-refractivity contribution in [3.05, 3.63) is 41.4 Å². The molecule has 2 aromatic rings. The lowest BCUT2D eigenvalue weighted by Crippen LogP contribution is -2.26. The zero-order chi connectivity index (χ0) is 15.9. The Morgan fingerprint density at radius 2 is 1.82 bits per heavy atom. The third-order valence-corrected chi connectivity index (χ3v) is 3.90. The van der Waals surface area contributed by atoms with E-state index in [1.807, 2.05) is 23.6 Å². The number of carbonyl (C=O) groups excluding carboxylic acids is 2. The predicted molar refractivity (Wildman–Crippen MR) is 83.6 cm³/mol. The van der Waals surface area contributed by atoms with Gasteiger partial charge in [-0.2, -0.15) is 0 Å². The molecule has 2 aromatic heterocycles. The first kappa shape index (κ1) is 16.2. The Kier molecular flexibility index (Phi) is 5.66. The van der Waals surface area contributed by atoms with E-state index in [4.69, 9.17) is 9.47 Å². The zero-order valence-electron chi connectivity index (χ0n) is 12.4. The molecule has 2 heterocycles. The van der Waals surface area contributed by atoms with Crippen LogP contribution in [0.5, 0.6) is 0 Å². The minimum atomic E-state index is -1.08. The molecule has 0 aliphatic heterocycles. The Bertz CT molecular complexity index is 621. The van der Waals surface area contributed by atoms with Crippen LogP contribution in [0.4, 0.5) is 0 Å². The maximum Gasteiger partial charge on any atom is 0.324 e. The van der Waals surface area contributed by atoms with Crippen LogP contribution in [0.15, 0.2) is 35.8 Å². The molecular weight excluding hydrogens is 302 g/mol. The molecule has 0 radical (unpaired) electrons. The van der Waals surface area contributed by atoms with Gasteiger partial charge in [0.1, 0.15) is 0 Å². The van der Waals surface area contributed by atoms with Crippen molar-refractivity contribution < 1.29 is 19.1 Å². The third kappa shape index (κ3) is 3.51. The summed E-state index contributed by atoms with van der Waals surface area (Å²) in [6, 6.07) is 7.25. The largest absolute Gasteiger partial charge is 0.465 e. The number of hydrogen-bond acceptors (Lipinski definition) is 6. The lowest BCUT2D eigenvalue weighted by molar-refractivity contribution is -0.156. The zero-order valence-corrected chi connectivity index (χ0v) is 13.3. The first-order chi connectivity index (χ1) is 10.7. The van der Waals surface area contributed by atoms with Gasteiger partial charge in [-0.25, -0.2) is 0 Å². The average Bonchev–Trinajstić information content (AvgIpc) is 2.98. The van der Waals surface area contributed by atoms with Crippen LogP contribution >= 0.6 is 11.3 Å². The van der Waals surface area contributed by atoms with E-state index in [9.17, 15) is 9.59 Å². The highest BCUT2D eigenvalue weighted by atomic mass is 32.1. The van der Waals surface area contributed by atoms with E-state index in [-0.39, 0.29) is 13.2 Å². The Morgan fingerprint density at radius 3 is 2.36 bits per heavy atom. The summed E-state index contributed by atoms with van der Waals surface area (Å²) in [4.78, 5) is 29.5. The highest BCUT2D eigenvalue weighted by molar-refractivity contribution is 7.13. The minimum absolute atomic E-state index is 0.206. The second kappa shape index (κ2) is 7.70. The smallest absolute Gasteiger partial charge is 0.324 e.